The minimum Gasteiger partial charge on any atom is -0.392 e. The number of unbranched alkanes of at least 4 members (excludes halogenated alkanes) is 3. The molecule has 0 aromatic carbocycles. The summed E-state index contributed by atoms with van der Waals surface area (Å²) in [4.78, 5) is 0. The third-order valence-electron chi connectivity index (χ3n) is 2.21. The van der Waals surface area contributed by atoms with E-state index in [-0.39, 0.29) is 6.61 Å². The molecule has 0 bridgehead atoms. The van der Waals surface area contributed by atoms with E-state index in [1.54, 1.807) is 6.08 Å². The molecule has 0 aliphatic carbocycles. The third-order valence-corrected chi connectivity index (χ3v) is 2.21. The van der Waals surface area contributed by atoms with Crippen molar-refractivity contribution in [1.29, 1.82) is 0 Å². The average Bonchev–Trinajstić information content (AvgIpc) is 2.18. The van der Waals surface area contributed by atoms with E-state index in [2.05, 4.69) is 13.5 Å². The smallest absolute Gasteiger partial charge is 0.0806 e. The Hall–Kier alpha value is -0.600. The second-order valence-corrected chi connectivity index (χ2v) is 3.47. The zero-order valence-electron chi connectivity index (χ0n) is 9.08. The van der Waals surface area contributed by atoms with Crippen LogP contribution in [0.5, 0.6) is 0 Å². The average molecular weight is 198 g/mol. The van der Waals surface area contributed by atoms with Crippen molar-refractivity contribution in [3.8, 4) is 0 Å². The van der Waals surface area contributed by atoms with E-state index in [4.69, 9.17) is 5.11 Å². The molecular weight excluding hydrogens is 176 g/mol. The molecule has 2 nitrogen and oxygen atoms in total. The molecule has 0 aromatic heterocycles. The van der Waals surface area contributed by atoms with E-state index in [0.29, 0.717) is 6.42 Å². The molecule has 2 N–H and O–H groups in total. The first-order valence-electron chi connectivity index (χ1n) is 5.35. The minimum absolute atomic E-state index is 0.0544. The molecule has 14 heavy (non-hydrogen) atoms. The molecule has 2 heteroatoms. The van der Waals surface area contributed by atoms with E-state index in [1.807, 2.05) is 6.08 Å². The van der Waals surface area contributed by atoms with E-state index in [9.17, 15) is 5.11 Å². The SMILES string of the molecule is C=CC[C@H](O)/C(=C/CCCCC)CO. The van der Waals surface area contributed by atoms with Gasteiger partial charge in [0.15, 0.2) is 0 Å². The van der Waals surface area contributed by atoms with Gasteiger partial charge in [0, 0.05) is 0 Å². The fraction of sp³-hybridized carbons (Fsp3) is 0.667. The Morgan fingerprint density at radius 1 is 1.43 bits per heavy atom. The maximum Gasteiger partial charge on any atom is 0.0806 e. The lowest BCUT2D eigenvalue weighted by Crippen LogP contribution is -2.12. The topological polar surface area (TPSA) is 40.5 Å². The lowest BCUT2D eigenvalue weighted by molar-refractivity contribution is 0.189. The zero-order valence-corrected chi connectivity index (χ0v) is 9.08. The number of allylic oxidation sites excluding steroid dienone is 1. The van der Waals surface area contributed by atoms with Crippen molar-refractivity contribution in [3.63, 3.8) is 0 Å². The van der Waals surface area contributed by atoms with Crippen molar-refractivity contribution >= 4 is 0 Å². The second-order valence-electron chi connectivity index (χ2n) is 3.47. The van der Waals surface area contributed by atoms with Gasteiger partial charge in [-0.15, -0.1) is 6.58 Å². The van der Waals surface area contributed by atoms with Gasteiger partial charge in [-0.3, -0.25) is 0 Å². The summed E-state index contributed by atoms with van der Waals surface area (Å²) in [6.45, 7) is 5.66. The Balaban J connectivity index is 3.90. The molecule has 0 radical (unpaired) electrons. The molecule has 1 atom stereocenters. The second kappa shape index (κ2) is 8.97. The summed E-state index contributed by atoms with van der Waals surface area (Å²) < 4.78 is 0. The Labute approximate surface area is 87.0 Å². The summed E-state index contributed by atoms with van der Waals surface area (Å²) in [6, 6.07) is 0. The molecule has 0 saturated heterocycles. The molecule has 0 saturated carbocycles. The van der Waals surface area contributed by atoms with Crippen molar-refractivity contribution < 1.29 is 10.2 Å². The van der Waals surface area contributed by atoms with Gasteiger partial charge in [0.05, 0.1) is 12.7 Å². The van der Waals surface area contributed by atoms with E-state index < -0.39 is 6.10 Å². The molecule has 0 aromatic rings. The summed E-state index contributed by atoms with van der Waals surface area (Å²) in [5.74, 6) is 0. The highest BCUT2D eigenvalue weighted by Gasteiger charge is 2.06. The Morgan fingerprint density at radius 3 is 2.64 bits per heavy atom. The van der Waals surface area contributed by atoms with Crippen molar-refractivity contribution in [2.45, 2.75) is 45.1 Å². The summed E-state index contributed by atoms with van der Waals surface area (Å²) >= 11 is 0. The van der Waals surface area contributed by atoms with Crippen LogP contribution in [0.1, 0.15) is 39.0 Å². The number of aliphatic hydroxyl groups is 2. The van der Waals surface area contributed by atoms with Crippen LogP contribution in [0.3, 0.4) is 0 Å². The van der Waals surface area contributed by atoms with Crippen molar-refractivity contribution in [2.24, 2.45) is 0 Å². The van der Waals surface area contributed by atoms with E-state index >= 15 is 0 Å². The van der Waals surface area contributed by atoms with Crippen LogP contribution in [-0.4, -0.2) is 22.9 Å². The third kappa shape index (κ3) is 5.95. The number of hydrogen-bond donors (Lipinski definition) is 2. The highest BCUT2D eigenvalue weighted by atomic mass is 16.3. The largest absolute Gasteiger partial charge is 0.392 e. The monoisotopic (exact) mass is 198 g/mol. The summed E-state index contributed by atoms with van der Waals surface area (Å²) in [5.41, 5.74) is 0.723. The Morgan fingerprint density at radius 2 is 2.14 bits per heavy atom. The van der Waals surface area contributed by atoms with Gasteiger partial charge in [-0.05, 0) is 24.8 Å². The zero-order chi connectivity index (χ0) is 10.8. The lowest BCUT2D eigenvalue weighted by atomic mass is 10.0. The molecule has 82 valence electrons. The van der Waals surface area contributed by atoms with Gasteiger partial charge < -0.3 is 10.2 Å². The Kier molecular flexibility index (Phi) is 8.59. The van der Waals surface area contributed by atoms with Gasteiger partial charge in [-0.1, -0.05) is 31.9 Å². The van der Waals surface area contributed by atoms with Crippen molar-refractivity contribution in [3.05, 3.63) is 24.3 Å². The first-order chi connectivity index (χ1) is 6.76. The Bertz CT molecular complexity index is 173. The van der Waals surface area contributed by atoms with Gasteiger partial charge in [-0.2, -0.15) is 0 Å². The van der Waals surface area contributed by atoms with Gasteiger partial charge in [0.1, 0.15) is 0 Å². The molecule has 0 heterocycles. The van der Waals surface area contributed by atoms with Gasteiger partial charge in [0.2, 0.25) is 0 Å². The molecule has 0 rings (SSSR count). The maximum absolute atomic E-state index is 9.57. The molecule has 0 aliphatic heterocycles. The normalized spacial score (nSPS) is 14.1. The molecule has 0 aliphatic rings. The predicted octanol–water partition coefficient (Wildman–Crippen LogP) is 2.42. The molecule has 0 unspecified atom stereocenters. The minimum atomic E-state index is -0.556. The van der Waals surface area contributed by atoms with Crippen molar-refractivity contribution in [1.82, 2.24) is 0 Å². The summed E-state index contributed by atoms with van der Waals surface area (Å²) in [7, 11) is 0. The van der Waals surface area contributed by atoms with Crippen LogP contribution in [0.15, 0.2) is 24.3 Å². The maximum atomic E-state index is 9.57. The number of hydrogen-bond acceptors (Lipinski definition) is 2. The quantitative estimate of drug-likeness (QED) is 0.464. The van der Waals surface area contributed by atoms with Crippen molar-refractivity contribution in [2.75, 3.05) is 6.61 Å². The fourth-order valence-electron chi connectivity index (χ4n) is 1.30. The van der Waals surface area contributed by atoms with Gasteiger partial charge in [-0.25, -0.2) is 0 Å². The number of aliphatic hydroxyl groups excluding tert-OH is 2. The predicted molar refractivity (Wildman–Crippen MR) is 60.1 cm³/mol. The molecule has 0 amide bonds. The van der Waals surface area contributed by atoms with Crippen LogP contribution in [0.2, 0.25) is 0 Å². The highest BCUT2D eigenvalue weighted by molar-refractivity contribution is 5.09. The van der Waals surface area contributed by atoms with Crippen LogP contribution in [0.25, 0.3) is 0 Å². The lowest BCUT2D eigenvalue weighted by Gasteiger charge is -2.10. The van der Waals surface area contributed by atoms with E-state index in [0.717, 1.165) is 18.4 Å². The summed E-state index contributed by atoms with van der Waals surface area (Å²) in [6.07, 6.45) is 8.03. The van der Waals surface area contributed by atoms with Crippen LogP contribution >= 0.6 is 0 Å². The van der Waals surface area contributed by atoms with Gasteiger partial charge >= 0.3 is 0 Å². The first-order valence-corrected chi connectivity index (χ1v) is 5.35. The van der Waals surface area contributed by atoms with Crippen LogP contribution in [0.4, 0.5) is 0 Å². The molecule has 0 spiro atoms. The number of rotatable bonds is 8. The van der Waals surface area contributed by atoms with Crippen LogP contribution in [-0.2, 0) is 0 Å². The molecular formula is C12H22O2. The van der Waals surface area contributed by atoms with Crippen LogP contribution < -0.4 is 0 Å². The van der Waals surface area contributed by atoms with Crippen LogP contribution in [0, 0.1) is 0 Å². The highest BCUT2D eigenvalue weighted by Crippen LogP contribution is 2.09. The van der Waals surface area contributed by atoms with E-state index in [1.165, 1.54) is 12.8 Å². The first kappa shape index (κ1) is 13.4. The standard InChI is InChI=1S/C12H22O2/c1-3-5-6-7-9-11(10-13)12(14)8-4-2/h4,9,12-14H,2-3,5-8,10H2,1H3/b11-9+/t12-/m0/s1. The van der Waals surface area contributed by atoms with Gasteiger partial charge in [0.25, 0.3) is 0 Å². The summed E-state index contributed by atoms with van der Waals surface area (Å²) in [5, 5.41) is 18.6. The molecule has 0 fully saturated rings. The fourth-order valence-corrected chi connectivity index (χ4v) is 1.30.